The van der Waals surface area contributed by atoms with E-state index in [9.17, 15) is 4.79 Å². The van der Waals surface area contributed by atoms with E-state index in [-0.39, 0.29) is 17.8 Å². The Hall–Kier alpha value is -2.35. The molecular formula is C22H23ClN4O2S. The molecule has 1 fully saturated rings. The average molecular weight is 443 g/mol. The van der Waals surface area contributed by atoms with Gasteiger partial charge in [0.2, 0.25) is 5.91 Å². The zero-order chi connectivity index (χ0) is 20.8. The summed E-state index contributed by atoms with van der Waals surface area (Å²) in [6.45, 7) is 1.34. The summed E-state index contributed by atoms with van der Waals surface area (Å²) in [5.41, 5.74) is 2.06. The third kappa shape index (κ3) is 5.41. The number of rotatable bonds is 8. The quantitative estimate of drug-likeness (QED) is 0.536. The monoisotopic (exact) mass is 442 g/mol. The Morgan fingerprint density at radius 1 is 1.17 bits per heavy atom. The summed E-state index contributed by atoms with van der Waals surface area (Å²) < 4.78 is 7.54. The third-order valence-electron chi connectivity index (χ3n) is 4.87. The molecule has 0 spiro atoms. The van der Waals surface area contributed by atoms with Crippen molar-refractivity contribution in [1.29, 1.82) is 0 Å². The van der Waals surface area contributed by atoms with Gasteiger partial charge < -0.3 is 10.1 Å². The van der Waals surface area contributed by atoms with Gasteiger partial charge in [0.1, 0.15) is 5.82 Å². The second-order valence-corrected chi connectivity index (χ2v) is 8.48. The molecule has 30 heavy (non-hydrogen) atoms. The molecule has 1 unspecified atom stereocenters. The van der Waals surface area contributed by atoms with E-state index in [1.807, 2.05) is 47.0 Å². The first kappa shape index (κ1) is 20.9. The van der Waals surface area contributed by atoms with Crippen molar-refractivity contribution in [2.45, 2.75) is 30.5 Å². The number of hydrogen-bond acceptors (Lipinski definition) is 5. The van der Waals surface area contributed by atoms with Crippen molar-refractivity contribution in [2.24, 2.45) is 0 Å². The number of thioether (sulfide) groups is 1. The molecule has 6 nitrogen and oxygen atoms in total. The van der Waals surface area contributed by atoms with E-state index in [1.165, 1.54) is 11.8 Å². The highest BCUT2D eigenvalue weighted by atomic mass is 35.5. The fourth-order valence-corrected chi connectivity index (χ4v) is 4.28. The Balaban J connectivity index is 1.48. The zero-order valence-corrected chi connectivity index (χ0v) is 18.0. The normalized spacial score (nSPS) is 16.0. The minimum Gasteiger partial charge on any atom is -0.376 e. The van der Waals surface area contributed by atoms with Crippen molar-refractivity contribution < 1.29 is 9.53 Å². The Labute approximate surface area is 185 Å². The van der Waals surface area contributed by atoms with Crippen LogP contribution in [0.15, 0.2) is 59.8 Å². The Morgan fingerprint density at radius 3 is 2.70 bits per heavy atom. The van der Waals surface area contributed by atoms with Crippen LogP contribution in [-0.4, -0.2) is 45.7 Å². The van der Waals surface area contributed by atoms with Crippen molar-refractivity contribution in [1.82, 2.24) is 20.1 Å². The van der Waals surface area contributed by atoms with Gasteiger partial charge >= 0.3 is 0 Å². The van der Waals surface area contributed by atoms with E-state index >= 15 is 0 Å². The topological polar surface area (TPSA) is 69.0 Å². The van der Waals surface area contributed by atoms with Crippen LogP contribution >= 0.6 is 23.4 Å². The van der Waals surface area contributed by atoms with E-state index < -0.39 is 0 Å². The molecule has 2 heterocycles. The lowest BCUT2D eigenvalue weighted by atomic mass is 10.1. The number of ether oxygens (including phenoxy) is 1. The largest absolute Gasteiger partial charge is 0.376 e. The standard InChI is InChI=1S/C22H23ClN4O2S/c23-17-8-10-18(11-9-17)27-20(13-16-5-2-1-3-6-16)25-26-22(27)30-15-21(28)24-14-19-7-4-12-29-19/h1-3,5-6,8-11,19H,4,7,12-15H2,(H,24,28). The average Bonchev–Trinajstić information content (AvgIpc) is 3.42. The summed E-state index contributed by atoms with van der Waals surface area (Å²) in [4.78, 5) is 12.3. The van der Waals surface area contributed by atoms with E-state index in [1.54, 1.807) is 0 Å². The van der Waals surface area contributed by atoms with Crippen LogP contribution in [0.2, 0.25) is 5.02 Å². The highest BCUT2D eigenvalue weighted by Crippen LogP contribution is 2.24. The van der Waals surface area contributed by atoms with Gasteiger partial charge in [-0.15, -0.1) is 10.2 Å². The molecule has 0 bridgehead atoms. The van der Waals surface area contributed by atoms with Crippen molar-refractivity contribution in [3.05, 3.63) is 71.0 Å². The molecule has 8 heteroatoms. The molecule has 156 valence electrons. The molecular weight excluding hydrogens is 420 g/mol. The molecule has 1 aliphatic rings. The van der Waals surface area contributed by atoms with Crippen LogP contribution in [0.25, 0.3) is 5.69 Å². The lowest BCUT2D eigenvalue weighted by Gasteiger charge is -2.12. The second kappa shape index (κ2) is 10.1. The fourth-order valence-electron chi connectivity index (χ4n) is 3.35. The lowest BCUT2D eigenvalue weighted by Crippen LogP contribution is -2.32. The Kier molecular flexibility index (Phi) is 7.04. The summed E-state index contributed by atoms with van der Waals surface area (Å²) in [6.07, 6.45) is 2.83. The van der Waals surface area contributed by atoms with Crippen LogP contribution in [0.4, 0.5) is 0 Å². The predicted octanol–water partition coefficient (Wildman–Crippen LogP) is 3.90. The minimum absolute atomic E-state index is 0.0363. The number of carbonyl (C=O) groups is 1. The van der Waals surface area contributed by atoms with Gasteiger partial charge in [0, 0.05) is 30.3 Å². The summed E-state index contributed by atoms with van der Waals surface area (Å²) in [5.74, 6) is 1.04. The molecule has 0 aliphatic carbocycles. The fraction of sp³-hybridized carbons (Fsp3) is 0.318. The minimum atomic E-state index is -0.0363. The van der Waals surface area contributed by atoms with Crippen molar-refractivity contribution >= 4 is 29.3 Å². The Morgan fingerprint density at radius 2 is 1.97 bits per heavy atom. The van der Waals surface area contributed by atoms with E-state index in [2.05, 4.69) is 27.6 Å². The van der Waals surface area contributed by atoms with Crippen LogP contribution in [-0.2, 0) is 16.0 Å². The number of carbonyl (C=O) groups excluding carboxylic acids is 1. The first-order valence-electron chi connectivity index (χ1n) is 9.94. The van der Waals surface area contributed by atoms with Crippen molar-refractivity contribution in [2.75, 3.05) is 18.9 Å². The first-order chi connectivity index (χ1) is 14.7. The maximum atomic E-state index is 12.3. The highest BCUT2D eigenvalue weighted by molar-refractivity contribution is 7.99. The number of amides is 1. The van der Waals surface area contributed by atoms with Gasteiger partial charge in [-0.3, -0.25) is 9.36 Å². The summed E-state index contributed by atoms with van der Waals surface area (Å²) >= 11 is 7.44. The number of halogens is 1. The molecule has 1 amide bonds. The number of benzene rings is 2. The molecule has 1 aliphatic heterocycles. The van der Waals surface area contributed by atoms with Crippen LogP contribution in [0, 0.1) is 0 Å². The summed E-state index contributed by atoms with van der Waals surface area (Å²) in [5, 5.41) is 13.1. The highest BCUT2D eigenvalue weighted by Gasteiger charge is 2.18. The van der Waals surface area contributed by atoms with Gasteiger partial charge in [-0.1, -0.05) is 53.7 Å². The molecule has 1 atom stereocenters. The number of aromatic nitrogens is 3. The molecule has 2 aromatic carbocycles. The lowest BCUT2D eigenvalue weighted by molar-refractivity contribution is -0.119. The summed E-state index contributed by atoms with van der Waals surface area (Å²) in [6, 6.07) is 17.7. The Bertz CT molecular complexity index is 973. The van der Waals surface area contributed by atoms with Gasteiger partial charge in [0.05, 0.1) is 11.9 Å². The van der Waals surface area contributed by atoms with E-state index in [0.29, 0.717) is 23.1 Å². The van der Waals surface area contributed by atoms with E-state index in [4.69, 9.17) is 16.3 Å². The van der Waals surface area contributed by atoms with Crippen LogP contribution in [0.5, 0.6) is 0 Å². The van der Waals surface area contributed by atoms with E-state index in [0.717, 1.165) is 36.5 Å². The van der Waals surface area contributed by atoms with Gasteiger partial charge in [0.25, 0.3) is 0 Å². The summed E-state index contributed by atoms with van der Waals surface area (Å²) in [7, 11) is 0. The van der Waals surface area contributed by atoms with Gasteiger partial charge in [-0.2, -0.15) is 0 Å². The zero-order valence-electron chi connectivity index (χ0n) is 16.5. The molecule has 1 N–H and O–H groups in total. The molecule has 1 aromatic heterocycles. The predicted molar refractivity (Wildman–Crippen MR) is 118 cm³/mol. The first-order valence-corrected chi connectivity index (χ1v) is 11.3. The van der Waals surface area contributed by atoms with Crippen molar-refractivity contribution in [3.63, 3.8) is 0 Å². The van der Waals surface area contributed by atoms with Gasteiger partial charge in [0.15, 0.2) is 5.16 Å². The smallest absolute Gasteiger partial charge is 0.230 e. The van der Waals surface area contributed by atoms with Crippen LogP contribution < -0.4 is 5.32 Å². The maximum Gasteiger partial charge on any atom is 0.230 e. The molecule has 1 saturated heterocycles. The maximum absolute atomic E-state index is 12.3. The molecule has 4 rings (SSSR count). The van der Waals surface area contributed by atoms with Gasteiger partial charge in [-0.05, 0) is 42.7 Å². The second-order valence-electron chi connectivity index (χ2n) is 7.10. The van der Waals surface area contributed by atoms with Crippen LogP contribution in [0.3, 0.4) is 0 Å². The molecule has 0 radical (unpaired) electrons. The van der Waals surface area contributed by atoms with Gasteiger partial charge in [-0.25, -0.2) is 0 Å². The molecule has 0 saturated carbocycles. The number of nitrogens with zero attached hydrogens (tertiary/aromatic N) is 3. The molecule has 3 aromatic rings. The third-order valence-corrected chi connectivity index (χ3v) is 6.05. The van der Waals surface area contributed by atoms with Crippen LogP contribution in [0.1, 0.15) is 24.2 Å². The van der Waals surface area contributed by atoms with Crippen molar-refractivity contribution in [3.8, 4) is 5.69 Å². The number of hydrogen-bond donors (Lipinski definition) is 1. The number of nitrogens with one attached hydrogen (secondary N) is 1. The SMILES string of the molecule is O=C(CSc1nnc(Cc2ccccc2)n1-c1ccc(Cl)cc1)NCC1CCCO1.